The van der Waals surface area contributed by atoms with E-state index in [0.717, 1.165) is 11.4 Å². The third-order valence-corrected chi connectivity index (χ3v) is 5.73. The second-order valence-electron chi connectivity index (χ2n) is 6.93. The SMILES string of the molecule is CN(C)c1ccc(Nc2nc3ccccc3nc2NS(=O)(=O)c2cnn(C)c2)cc1. The van der Waals surface area contributed by atoms with Crippen LogP contribution in [0.2, 0.25) is 0 Å². The number of para-hydroxylation sites is 2. The monoisotopic (exact) mass is 423 g/mol. The van der Waals surface area contributed by atoms with Crippen molar-refractivity contribution in [2.45, 2.75) is 4.90 Å². The number of fused-ring (bicyclic) bond motifs is 1. The van der Waals surface area contributed by atoms with Gasteiger partial charge >= 0.3 is 0 Å². The van der Waals surface area contributed by atoms with Crippen LogP contribution in [0.25, 0.3) is 11.0 Å². The van der Waals surface area contributed by atoms with Gasteiger partial charge in [0, 0.05) is 38.7 Å². The first kappa shape index (κ1) is 19.6. The maximum Gasteiger partial charge on any atom is 0.266 e. The molecule has 0 aliphatic rings. The zero-order valence-electron chi connectivity index (χ0n) is 16.7. The lowest BCUT2D eigenvalue weighted by Gasteiger charge is -2.15. The van der Waals surface area contributed by atoms with Gasteiger partial charge < -0.3 is 10.2 Å². The minimum atomic E-state index is -3.88. The van der Waals surface area contributed by atoms with Gasteiger partial charge in [0.05, 0.1) is 17.2 Å². The number of sulfonamides is 1. The van der Waals surface area contributed by atoms with E-state index in [9.17, 15) is 8.42 Å². The molecule has 154 valence electrons. The fraction of sp³-hybridized carbons (Fsp3) is 0.150. The van der Waals surface area contributed by atoms with Gasteiger partial charge in [-0.05, 0) is 36.4 Å². The van der Waals surface area contributed by atoms with Gasteiger partial charge in [-0.3, -0.25) is 9.40 Å². The first-order valence-corrected chi connectivity index (χ1v) is 10.6. The average Bonchev–Trinajstić information content (AvgIpc) is 3.16. The Bertz CT molecular complexity index is 1300. The van der Waals surface area contributed by atoms with Crippen molar-refractivity contribution in [3.05, 3.63) is 60.9 Å². The number of aryl methyl sites for hydroxylation is 1. The molecule has 2 aromatic carbocycles. The zero-order chi connectivity index (χ0) is 21.3. The molecule has 0 amide bonds. The van der Waals surface area contributed by atoms with Crippen LogP contribution in [0.1, 0.15) is 0 Å². The summed E-state index contributed by atoms with van der Waals surface area (Å²) in [6.45, 7) is 0. The van der Waals surface area contributed by atoms with Gasteiger partial charge in [-0.1, -0.05) is 12.1 Å². The Morgan fingerprint density at radius 1 is 0.933 bits per heavy atom. The van der Waals surface area contributed by atoms with E-state index >= 15 is 0 Å². The van der Waals surface area contributed by atoms with Crippen LogP contribution >= 0.6 is 0 Å². The summed E-state index contributed by atoms with van der Waals surface area (Å²) in [6.07, 6.45) is 2.70. The Kier molecular flexibility index (Phi) is 5.00. The molecule has 2 N–H and O–H groups in total. The summed E-state index contributed by atoms with van der Waals surface area (Å²) in [5.74, 6) is 0.410. The fourth-order valence-electron chi connectivity index (χ4n) is 2.86. The smallest absolute Gasteiger partial charge is 0.266 e. The van der Waals surface area contributed by atoms with E-state index in [-0.39, 0.29) is 10.7 Å². The highest BCUT2D eigenvalue weighted by Gasteiger charge is 2.20. The summed E-state index contributed by atoms with van der Waals surface area (Å²) in [6, 6.07) is 15.0. The van der Waals surface area contributed by atoms with Crippen LogP contribution in [0, 0.1) is 0 Å². The molecule has 4 rings (SSSR count). The maximum absolute atomic E-state index is 12.8. The molecule has 10 heteroatoms. The molecule has 4 aromatic rings. The molecule has 9 nitrogen and oxygen atoms in total. The quantitative estimate of drug-likeness (QED) is 0.491. The number of nitrogens with zero attached hydrogens (tertiary/aromatic N) is 5. The molecule has 2 aromatic heterocycles. The lowest BCUT2D eigenvalue weighted by Crippen LogP contribution is -2.15. The minimum absolute atomic E-state index is 0.0428. The van der Waals surface area contributed by atoms with Crippen molar-refractivity contribution in [1.82, 2.24) is 19.7 Å². The van der Waals surface area contributed by atoms with Crippen molar-refractivity contribution in [1.29, 1.82) is 0 Å². The van der Waals surface area contributed by atoms with Crippen molar-refractivity contribution in [2.24, 2.45) is 7.05 Å². The average molecular weight is 424 g/mol. The molecule has 0 saturated carbocycles. The molecule has 2 heterocycles. The number of benzene rings is 2. The van der Waals surface area contributed by atoms with Gasteiger partial charge in [0.2, 0.25) is 0 Å². The Hall–Kier alpha value is -3.66. The third kappa shape index (κ3) is 4.03. The van der Waals surface area contributed by atoms with Crippen LogP contribution in [-0.4, -0.2) is 42.3 Å². The van der Waals surface area contributed by atoms with Crippen LogP contribution in [0.5, 0.6) is 0 Å². The largest absolute Gasteiger partial charge is 0.378 e. The highest BCUT2D eigenvalue weighted by atomic mass is 32.2. The molecular formula is C20H21N7O2S. The summed E-state index contributed by atoms with van der Waals surface area (Å²) < 4.78 is 29.6. The number of hydrogen-bond donors (Lipinski definition) is 2. The summed E-state index contributed by atoms with van der Waals surface area (Å²) in [7, 11) is 1.70. The van der Waals surface area contributed by atoms with Crippen LogP contribution in [-0.2, 0) is 17.1 Å². The molecule has 0 spiro atoms. The normalized spacial score (nSPS) is 11.4. The molecule has 0 fully saturated rings. The van der Waals surface area contributed by atoms with Gasteiger partial charge in [-0.2, -0.15) is 5.10 Å². The first-order valence-electron chi connectivity index (χ1n) is 9.14. The van der Waals surface area contributed by atoms with Crippen molar-refractivity contribution >= 4 is 44.1 Å². The number of nitrogens with one attached hydrogen (secondary N) is 2. The highest BCUT2D eigenvalue weighted by molar-refractivity contribution is 7.92. The van der Waals surface area contributed by atoms with Gasteiger partial charge in [-0.15, -0.1) is 0 Å². The summed E-state index contributed by atoms with van der Waals surface area (Å²) in [5.41, 5.74) is 3.03. The number of anilines is 4. The van der Waals surface area contributed by atoms with Crippen LogP contribution in [0.15, 0.2) is 65.8 Å². The van der Waals surface area contributed by atoms with Crippen molar-refractivity contribution in [3.63, 3.8) is 0 Å². The minimum Gasteiger partial charge on any atom is -0.378 e. The van der Waals surface area contributed by atoms with Gasteiger partial charge in [0.1, 0.15) is 4.90 Å². The molecular weight excluding hydrogens is 402 g/mol. The predicted octanol–water partition coefficient (Wildman–Crippen LogP) is 2.97. The van der Waals surface area contributed by atoms with E-state index in [1.165, 1.54) is 17.1 Å². The second kappa shape index (κ2) is 7.64. The maximum atomic E-state index is 12.8. The number of aromatic nitrogens is 4. The van der Waals surface area contributed by atoms with Gasteiger partial charge in [-0.25, -0.2) is 18.4 Å². The summed E-state index contributed by atoms with van der Waals surface area (Å²) in [5, 5.41) is 7.10. The van der Waals surface area contributed by atoms with E-state index in [4.69, 9.17) is 0 Å². The fourth-order valence-corrected chi connectivity index (χ4v) is 3.85. The molecule has 0 unspecified atom stereocenters. The van der Waals surface area contributed by atoms with E-state index in [1.807, 2.05) is 61.5 Å². The Morgan fingerprint density at radius 2 is 1.57 bits per heavy atom. The number of rotatable bonds is 6. The predicted molar refractivity (Wildman–Crippen MR) is 118 cm³/mol. The number of hydrogen-bond acceptors (Lipinski definition) is 7. The molecule has 30 heavy (non-hydrogen) atoms. The molecule has 0 aliphatic carbocycles. The van der Waals surface area contributed by atoms with Crippen molar-refractivity contribution in [2.75, 3.05) is 29.0 Å². The highest BCUT2D eigenvalue weighted by Crippen LogP contribution is 2.27. The van der Waals surface area contributed by atoms with Crippen LogP contribution in [0.4, 0.5) is 23.0 Å². The van der Waals surface area contributed by atoms with Gasteiger partial charge in [0.15, 0.2) is 11.6 Å². The lowest BCUT2D eigenvalue weighted by molar-refractivity contribution is 0.601. The Balaban J connectivity index is 1.74. The van der Waals surface area contributed by atoms with Crippen molar-refractivity contribution in [3.8, 4) is 0 Å². The molecule has 0 aliphatic heterocycles. The molecule has 0 bridgehead atoms. The van der Waals surface area contributed by atoms with E-state index in [2.05, 4.69) is 25.1 Å². The Labute approximate surface area is 174 Å². The van der Waals surface area contributed by atoms with Crippen LogP contribution in [0.3, 0.4) is 0 Å². The molecule has 0 saturated heterocycles. The zero-order valence-corrected chi connectivity index (χ0v) is 17.6. The summed E-state index contributed by atoms with van der Waals surface area (Å²) in [4.78, 5) is 11.1. The standard InChI is InChI=1S/C20H21N7O2S/c1-26(2)15-10-8-14(9-11-15)22-19-20(24-18-7-5-4-6-17(18)23-19)25-30(28,29)16-12-21-27(3)13-16/h4-13H,1-3H3,(H,22,23)(H,24,25). The first-order chi connectivity index (χ1) is 14.3. The summed E-state index contributed by atoms with van der Waals surface area (Å²) >= 11 is 0. The molecule has 0 radical (unpaired) electrons. The van der Waals surface area contributed by atoms with E-state index in [1.54, 1.807) is 13.1 Å². The second-order valence-corrected chi connectivity index (χ2v) is 8.61. The Morgan fingerprint density at radius 3 is 2.13 bits per heavy atom. The van der Waals surface area contributed by atoms with E-state index in [0.29, 0.717) is 16.9 Å². The molecule has 0 atom stereocenters. The topological polar surface area (TPSA) is 105 Å². The lowest BCUT2D eigenvalue weighted by atomic mass is 10.2. The van der Waals surface area contributed by atoms with Crippen LogP contribution < -0.4 is 14.9 Å². The third-order valence-electron chi connectivity index (χ3n) is 4.44. The van der Waals surface area contributed by atoms with Gasteiger partial charge in [0.25, 0.3) is 10.0 Å². The van der Waals surface area contributed by atoms with Crippen molar-refractivity contribution < 1.29 is 8.42 Å². The van der Waals surface area contributed by atoms with E-state index < -0.39 is 10.0 Å².